The minimum absolute atomic E-state index is 0.468. The van der Waals surface area contributed by atoms with Crippen LogP contribution in [0.25, 0.3) is 0 Å². The first-order chi connectivity index (χ1) is 6.70. The van der Waals surface area contributed by atoms with Crippen LogP contribution in [-0.2, 0) is 0 Å². The maximum absolute atomic E-state index is 6.01. The van der Waals surface area contributed by atoms with E-state index in [2.05, 4.69) is 5.10 Å². The Hall–Kier alpha value is -0.700. The molecule has 2 rings (SSSR count). The van der Waals surface area contributed by atoms with Crippen LogP contribution in [0, 0.1) is 6.92 Å². The monoisotopic (exact) mass is 213 g/mol. The van der Waals surface area contributed by atoms with Gasteiger partial charge in [-0.05, 0) is 19.8 Å². The maximum Gasteiger partial charge on any atom is 0.141 e. The van der Waals surface area contributed by atoms with Crippen molar-refractivity contribution in [2.24, 2.45) is 0 Å². The Morgan fingerprint density at radius 2 is 2.00 bits per heavy atom. The van der Waals surface area contributed by atoms with Crippen molar-refractivity contribution in [2.75, 3.05) is 5.73 Å². The van der Waals surface area contributed by atoms with Crippen LogP contribution in [0.5, 0.6) is 0 Å². The highest BCUT2D eigenvalue weighted by Gasteiger charge is 2.20. The molecule has 0 spiro atoms. The normalized spacial score (nSPS) is 18.7. The highest BCUT2D eigenvalue weighted by molar-refractivity contribution is 6.33. The van der Waals surface area contributed by atoms with Gasteiger partial charge in [-0.1, -0.05) is 30.9 Å². The summed E-state index contributed by atoms with van der Waals surface area (Å²) >= 11 is 6.01. The molecule has 78 valence electrons. The van der Waals surface area contributed by atoms with Gasteiger partial charge >= 0.3 is 0 Å². The Morgan fingerprint density at radius 3 is 2.50 bits per heavy atom. The van der Waals surface area contributed by atoms with E-state index in [4.69, 9.17) is 17.3 Å². The van der Waals surface area contributed by atoms with Gasteiger partial charge in [0.05, 0.1) is 11.7 Å². The van der Waals surface area contributed by atoms with E-state index in [1.165, 1.54) is 32.1 Å². The molecular weight excluding hydrogens is 198 g/mol. The molecule has 1 aliphatic rings. The minimum Gasteiger partial charge on any atom is -0.383 e. The summed E-state index contributed by atoms with van der Waals surface area (Å²) in [6, 6.07) is 0.468. The highest BCUT2D eigenvalue weighted by atomic mass is 35.5. The second-order valence-electron chi connectivity index (χ2n) is 4.02. The van der Waals surface area contributed by atoms with Crippen molar-refractivity contribution < 1.29 is 0 Å². The molecule has 1 saturated carbocycles. The second-order valence-corrected chi connectivity index (χ2v) is 4.40. The number of anilines is 1. The van der Waals surface area contributed by atoms with E-state index >= 15 is 0 Å². The molecule has 14 heavy (non-hydrogen) atoms. The zero-order chi connectivity index (χ0) is 10.1. The fraction of sp³-hybridized carbons (Fsp3) is 0.700. The fourth-order valence-corrected chi connectivity index (χ4v) is 2.27. The first-order valence-corrected chi connectivity index (χ1v) is 5.58. The molecule has 4 heteroatoms. The lowest BCUT2D eigenvalue weighted by Crippen LogP contribution is -2.16. The number of nitrogens with zero attached hydrogens (tertiary/aromatic N) is 2. The van der Waals surface area contributed by atoms with E-state index in [-0.39, 0.29) is 0 Å². The van der Waals surface area contributed by atoms with Gasteiger partial charge in [-0.15, -0.1) is 0 Å². The van der Waals surface area contributed by atoms with Crippen molar-refractivity contribution in [3.05, 3.63) is 10.7 Å². The standard InChI is InChI=1S/C10H16ClN3/c1-7-9(11)10(12)14(13-7)8-5-3-2-4-6-8/h8H,2-6,12H2,1H3. The fourth-order valence-electron chi connectivity index (χ4n) is 2.15. The Bertz CT molecular complexity index is 326. The first-order valence-electron chi connectivity index (χ1n) is 5.20. The summed E-state index contributed by atoms with van der Waals surface area (Å²) < 4.78 is 1.91. The largest absolute Gasteiger partial charge is 0.383 e. The Morgan fingerprint density at radius 1 is 1.36 bits per heavy atom. The molecule has 1 aliphatic carbocycles. The van der Waals surface area contributed by atoms with Gasteiger partial charge in [0, 0.05) is 0 Å². The molecule has 1 aromatic heterocycles. The quantitative estimate of drug-likeness (QED) is 0.780. The molecule has 0 aliphatic heterocycles. The van der Waals surface area contributed by atoms with Crippen molar-refractivity contribution in [2.45, 2.75) is 45.1 Å². The number of halogens is 1. The van der Waals surface area contributed by atoms with Crippen LogP contribution in [0.15, 0.2) is 0 Å². The van der Waals surface area contributed by atoms with Gasteiger partial charge in [-0.25, -0.2) is 4.68 Å². The lowest BCUT2D eigenvalue weighted by Gasteiger charge is -2.22. The SMILES string of the molecule is Cc1nn(C2CCCCC2)c(N)c1Cl. The third-order valence-electron chi connectivity index (χ3n) is 2.97. The molecule has 1 fully saturated rings. The number of nitrogen functional groups attached to an aromatic ring is 1. The summed E-state index contributed by atoms with van der Waals surface area (Å²) in [6.07, 6.45) is 6.26. The lowest BCUT2D eigenvalue weighted by atomic mass is 9.96. The average molecular weight is 214 g/mol. The maximum atomic E-state index is 6.01. The summed E-state index contributed by atoms with van der Waals surface area (Å²) in [5.74, 6) is 0.635. The van der Waals surface area contributed by atoms with Crippen molar-refractivity contribution in [1.82, 2.24) is 9.78 Å². The van der Waals surface area contributed by atoms with Gasteiger partial charge in [0.25, 0.3) is 0 Å². The van der Waals surface area contributed by atoms with E-state index in [1.54, 1.807) is 0 Å². The number of aryl methyl sites for hydroxylation is 1. The Kier molecular flexibility index (Phi) is 2.68. The average Bonchev–Trinajstić information content (AvgIpc) is 2.47. The Balaban J connectivity index is 2.26. The molecule has 1 heterocycles. The van der Waals surface area contributed by atoms with Crippen LogP contribution < -0.4 is 5.73 Å². The predicted octanol–water partition coefficient (Wildman–Crippen LogP) is 2.93. The number of aromatic nitrogens is 2. The Labute approximate surface area is 89.2 Å². The van der Waals surface area contributed by atoms with E-state index < -0.39 is 0 Å². The number of rotatable bonds is 1. The van der Waals surface area contributed by atoms with Crippen LogP contribution in [0.1, 0.15) is 43.8 Å². The second kappa shape index (κ2) is 3.81. The summed E-state index contributed by atoms with van der Waals surface area (Å²) in [7, 11) is 0. The molecule has 0 saturated heterocycles. The van der Waals surface area contributed by atoms with Gasteiger partial charge in [0.15, 0.2) is 0 Å². The molecule has 0 unspecified atom stereocenters. The third-order valence-corrected chi connectivity index (χ3v) is 3.43. The topological polar surface area (TPSA) is 43.8 Å². The summed E-state index contributed by atoms with van der Waals surface area (Å²) in [5.41, 5.74) is 6.75. The predicted molar refractivity (Wildman–Crippen MR) is 58.5 cm³/mol. The molecule has 2 N–H and O–H groups in total. The van der Waals surface area contributed by atoms with E-state index in [9.17, 15) is 0 Å². The summed E-state index contributed by atoms with van der Waals surface area (Å²) in [4.78, 5) is 0. The zero-order valence-electron chi connectivity index (χ0n) is 8.46. The molecular formula is C10H16ClN3. The smallest absolute Gasteiger partial charge is 0.141 e. The molecule has 0 aromatic carbocycles. The van der Waals surface area contributed by atoms with Crippen LogP contribution in [-0.4, -0.2) is 9.78 Å². The summed E-state index contributed by atoms with van der Waals surface area (Å²) in [6.45, 7) is 1.90. The van der Waals surface area contributed by atoms with Crippen LogP contribution in [0.3, 0.4) is 0 Å². The molecule has 0 bridgehead atoms. The van der Waals surface area contributed by atoms with Crippen LogP contribution >= 0.6 is 11.6 Å². The molecule has 0 amide bonds. The zero-order valence-corrected chi connectivity index (χ0v) is 9.22. The van der Waals surface area contributed by atoms with E-state index in [1.807, 2.05) is 11.6 Å². The molecule has 0 radical (unpaired) electrons. The molecule has 1 aromatic rings. The highest BCUT2D eigenvalue weighted by Crippen LogP contribution is 2.32. The van der Waals surface area contributed by atoms with Gasteiger partial charge in [-0.2, -0.15) is 5.10 Å². The lowest BCUT2D eigenvalue weighted by molar-refractivity contribution is 0.332. The first kappa shape index (κ1) is 9.84. The summed E-state index contributed by atoms with van der Waals surface area (Å²) in [5, 5.41) is 5.01. The van der Waals surface area contributed by atoms with Crippen molar-refractivity contribution in [3.8, 4) is 0 Å². The third kappa shape index (κ3) is 1.61. The van der Waals surface area contributed by atoms with E-state index in [0.717, 1.165) is 5.69 Å². The molecule has 0 atom stereocenters. The molecule has 3 nitrogen and oxygen atoms in total. The van der Waals surface area contributed by atoms with Gasteiger partial charge < -0.3 is 5.73 Å². The number of nitrogens with two attached hydrogens (primary N) is 1. The van der Waals surface area contributed by atoms with E-state index in [0.29, 0.717) is 16.9 Å². The van der Waals surface area contributed by atoms with Crippen molar-refractivity contribution >= 4 is 17.4 Å². The van der Waals surface area contributed by atoms with Crippen molar-refractivity contribution in [3.63, 3.8) is 0 Å². The number of hydrogen-bond acceptors (Lipinski definition) is 2. The van der Waals surface area contributed by atoms with Gasteiger partial charge in [0.2, 0.25) is 0 Å². The van der Waals surface area contributed by atoms with Gasteiger partial charge in [-0.3, -0.25) is 0 Å². The minimum atomic E-state index is 0.468. The van der Waals surface area contributed by atoms with Crippen LogP contribution in [0.4, 0.5) is 5.82 Å². The van der Waals surface area contributed by atoms with Gasteiger partial charge in [0.1, 0.15) is 10.8 Å². The number of hydrogen-bond donors (Lipinski definition) is 1. The van der Waals surface area contributed by atoms with Crippen LogP contribution in [0.2, 0.25) is 5.02 Å². The van der Waals surface area contributed by atoms with Crippen molar-refractivity contribution in [1.29, 1.82) is 0 Å².